The Balaban J connectivity index is 0.000000228. The van der Waals surface area contributed by atoms with Gasteiger partial charge >= 0.3 is 0 Å². The average molecular weight is 316 g/mol. The van der Waals surface area contributed by atoms with Gasteiger partial charge in [0.1, 0.15) is 0 Å². The topological polar surface area (TPSA) is 73.9 Å². The zero-order valence-electron chi connectivity index (χ0n) is 12.9. The van der Waals surface area contributed by atoms with Gasteiger partial charge in [-0.05, 0) is 23.7 Å². The van der Waals surface area contributed by atoms with E-state index < -0.39 is 0 Å². The molecule has 0 saturated carbocycles. The molecule has 0 unspecified atom stereocenters. The Labute approximate surface area is 135 Å². The molecular weight excluding hydrogens is 296 g/mol. The van der Waals surface area contributed by atoms with Gasteiger partial charge in [-0.1, -0.05) is 32.0 Å². The second kappa shape index (κ2) is 10.3. The molecule has 5 nitrogen and oxygen atoms in total. The van der Waals surface area contributed by atoms with E-state index in [0.717, 1.165) is 11.3 Å². The molecule has 0 saturated heterocycles. The Morgan fingerprint density at radius 1 is 1.09 bits per heavy atom. The third-order valence-electron chi connectivity index (χ3n) is 2.33. The van der Waals surface area contributed by atoms with Crippen molar-refractivity contribution in [3.8, 4) is 17.3 Å². The number of aromatic nitrogens is 3. The van der Waals surface area contributed by atoms with Crippen molar-refractivity contribution in [3.05, 3.63) is 54.2 Å². The van der Waals surface area contributed by atoms with Crippen LogP contribution in [0.4, 0.5) is 5.69 Å². The highest BCUT2D eigenvalue weighted by Crippen LogP contribution is 2.17. The molecule has 6 heteroatoms. The summed E-state index contributed by atoms with van der Waals surface area (Å²) in [6.07, 6.45) is 3.40. The zero-order valence-corrected chi connectivity index (χ0v) is 13.7. The minimum atomic E-state index is 0.566. The van der Waals surface area contributed by atoms with Gasteiger partial charge in [0.15, 0.2) is 5.82 Å². The third kappa shape index (κ3) is 5.88. The normalized spacial score (nSPS) is 8.86. The van der Waals surface area contributed by atoms with Crippen molar-refractivity contribution in [2.45, 2.75) is 13.8 Å². The summed E-state index contributed by atoms with van der Waals surface area (Å²) < 4.78 is 8.96. The monoisotopic (exact) mass is 316 g/mol. The molecule has 116 valence electrons. The van der Waals surface area contributed by atoms with Gasteiger partial charge in [0.05, 0.1) is 18.9 Å². The summed E-state index contributed by atoms with van der Waals surface area (Å²) in [5.74, 6) is 1.21. The fourth-order valence-corrected chi connectivity index (χ4v) is 1.88. The summed E-state index contributed by atoms with van der Waals surface area (Å²) >= 11 is 1.38. The lowest BCUT2D eigenvalue weighted by atomic mass is 10.3. The lowest BCUT2D eigenvalue weighted by Crippen LogP contribution is -1.91. The number of para-hydroxylation sites is 1. The van der Waals surface area contributed by atoms with E-state index >= 15 is 0 Å². The molecule has 0 atom stereocenters. The number of ether oxygens (including phenoxy) is 1. The maximum atomic E-state index is 5.36. The fourth-order valence-electron chi connectivity index (χ4n) is 1.36. The summed E-state index contributed by atoms with van der Waals surface area (Å²) in [5.41, 5.74) is 7.10. The van der Waals surface area contributed by atoms with Crippen LogP contribution in [0.2, 0.25) is 0 Å². The van der Waals surface area contributed by atoms with E-state index in [9.17, 15) is 0 Å². The molecule has 3 aromatic rings. The molecule has 0 bridgehead atoms. The molecular formula is C16H20N4OS. The number of hydrogen-bond donors (Lipinski definition) is 1. The lowest BCUT2D eigenvalue weighted by Gasteiger charge is -1.98. The van der Waals surface area contributed by atoms with Gasteiger partial charge in [0, 0.05) is 23.3 Å². The Bertz CT molecular complexity index is 630. The van der Waals surface area contributed by atoms with Gasteiger partial charge in [-0.25, -0.2) is 9.36 Å². The van der Waals surface area contributed by atoms with Crippen molar-refractivity contribution in [1.29, 1.82) is 0 Å². The number of nitrogen functional groups attached to an aromatic ring is 1. The Morgan fingerprint density at radius 3 is 2.32 bits per heavy atom. The first-order valence-electron chi connectivity index (χ1n) is 6.87. The van der Waals surface area contributed by atoms with Crippen LogP contribution in [0.1, 0.15) is 13.8 Å². The van der Waals surface area contributed by atoms with Gasteiger partial charge in [-0.15, -0.1) is 0 Å². The van der Waals surface area contributed by atoms with E-state index in [2.05, 4.69) is 14.3 Å². The molecule has 0 aliphatic heterocycles. The van der Waals surface area contributed by atoms with Crippen LogP contribution in [0.5, 0.6) is 5.88 Å². The Hall–Kier alpha value is -2.47. The number of nitrogens with two attached hydrogens (primary N) is 1. The molecule has 0 radical (unpaired) electrons. The minimum absolute atomic E-state index is 0.566. The summed E-state index contributed by atoms with van der Waals surface area (Å²) in [7, 11) is 1.58. The van der Waals surface area contributed by atoms with Crippen LogP contribution in [0.25, 0.3) is 11.4 Å². The maximum Gasteiger partial charge on any atom is 0.216 e. The number of benzene rings is 1. The van der Waals surface area contributed by atoms with E-state index in [-0.39, 0.29) is 0 Å². The molecule has 3 rings (SSSR count). The zero-order chi connectivity index (χ0) is 16.2. The van der Waals surface area contributed by atoms with Crippen molar-refractivity contribution < 1.29 is 4.74 Å². The lowest BCUT2D eigenvalue weighted by molar-refractivity contribution is 0.397. The number of methoxy groups -OCH3 is 1. The van der Waals surface area contributed by atoms with Crippen molar-refractivity contribution in [1.82, 2.24) is 14.3 Å². The van der Waals surface area contributed by atoms with Gasteiger partial charge in [-0.2, -0.15) is 4.98 Å². The van der Waals surface area contributed by atoms with Gasteiger partial charge in [0.25, 0.3) is 0 Å². The molecule has 0 spiro atoms. The van der Waals surface area contributed by atoms with Crippen molar-refractivity contribution in [3.63, 3.8) is 0 Å². The molecule has 0 aliphatic carbocycles. The SMILES string of the molecule is CC.COc1ccnc(-c2cnsc2)n1.Nc1ccccc1. The van der Waals surface area contributed by atoms with Gasteiger partial charge in [-0.3, -0.25) is 0 Å². The van der Waals surface area contributed by atoms with E-state index in [1.165, 1.54) is 11.5 Å². The summed E-state index contributed by atoms with van der Waals surface area (Å²) in [6, 6.07) is 11.2. The average Bonchev–Trinajstić information content (AvgIpc) is 3.13. The Kier molecular flexibility index (Phi) is 8.22. The highest BCUT2D eigenvalue weighted by atomic mass is 32.1. The van der Waals surface area contributed by atoms with E-state index in [4.69, 9.17) is 10.5 Å². The van der Waals surface area contributed by atoms with Gasteiger partial charge in [0.2, 0.25) is 5.88 Å². The molecule has 2 N–H and O–H groups in total. The number of nitrogens with zero attached hydrogens (tertiary/aromatic N) is 3. The summed E-state index contributed by atoms with van der Waals surface area (Å²) in [5, 5.41) is 1.90. The van der Waals surface area contributed by atoms with E-state index in [1.807, 2.05) is 49.6 Å². The highest BCUT2D eigenvalue weighted by molar-refractivity contribution is 7.03. The largest absolute Gasteiger partial charge is 0.481 e. The first kappa shape index (κ1) is 17.6. The van der Waals surface area contributed by atoms with Crippen molar-refractivity contribution in [2.75, 3.05) is 12.8 Å². The summed E-state index contributed by atoms with van der Waals surface area (Å²) in [6.45, 7) is 4.00. The molecule has 0 amide bonds. The number of hydrogen-bond acceptors (Lipinski definition) is 6. The van der Waals surface area contributed by atoms with Crippen LogP contribution in [-0.4, -0.2) is 21.5 Å². The third-order valence-corrected chi connectivity index (χ3v) is 2.92. The predicted octanol–water partition coefficient (Wildman–Crippen LogP) is 3.90. The highest BCUT2D eigenvalue weighted by Gasteiger charge is 2.02. The smallest absolute Gasteiger partial charge is 0.216 e. The Morgan fingerprint density at radius 2 is 1.82 bits per heavy atom. The fraction of sp³-hybridized carbons (Fsp3) is 0.188. The standard InChI is InChI=1S/C8H7N3OS.C6H7N.C2H6/c1-12-7-2-3-9-8(11-7)6-4-10-13-5-6;7-6-4-2-1-3-5-6;1-2/h2-5H,1H3;1-5H,7H2;1-2H3. The molecule has 2 heterocycles. The molecule has 1 aromatic carbocycles. The minimum Gasteiger partial charge on any atom is -0.481 e. The maximum absolute atomic E-state index is 5.36. The van der Waals surface area contributed by atoms with Crippen LogP contribution < -0.4 is 10.5 Å². The molecule has 2 aromatic heterocycles. The molecule has 0 aliphatic rings. The predicted molar refractivity (Wildman–Crippen MR) is 91.9 cm³/mol. The number of anilines is 1. The summed E-state index contributed by atoms with van der Waals surface area (Å²) in [4.78, 5) is 8.27. The van der Waals surface area contributed by atoms with E-state index in [1.54, 1.807) is 25.6 Å². The van der Waals surface area contributed by atoms with Crippen LogP contribution in [0, 0.1) is 0 Å². The van der Waals surface area contributed by atoms with E-state index in [0.29, 0.717) is 11.7 Å². The molecule has 22 heavy (non-hydrogen) atoms. The second-order valence-corrected chi connectivity index (χ2v) is 4.40. The molecule has 0 fully saturated rings. The van der Waals surface area contributed by atoms with Crippen LogP contribution in [-0.2, 0) is 0 Å². The second-order valence-electron chi connectivity index (χ2n) is 3.75. The van der Waals surface area contributed by atoms with Crippen LogP contribution in [0.3, 0.4) is 0 Å². The van der Waals surface area contributed by atoms with Crippen LogP contribution in [0.15, 0.2) is 54.2 Å². The van der Waals surface area contributed by atoms with Crippen molar-refractivity contribution >= 4 is 17.2 Å². The van der Waals surface area contributed by atoms with Gasteiger partial charge < -0.3 is 10.5 Å². The van der Waals surface area contributed by atoms with Crippen molar-refractivity contribution in [2.24, 2.45) is 0 Å². The first-order valence-corrected chi connectivity index (χ1v) is 7.70. The first-order chi connectivity index (χ1) is 10.8. The van der Waals surface area contributed by atoms with Crippen LogP contribution >= 0.6 is 11.5 Å². The number of rotatable bonds is 2. The quantitative estimate of drug-likeness (QED) is 0.726.